The van der Waals surface area contributed by atoms with Crippen LogP contribution in [0.15, 0.2) is 18.3 Å². The molecule has 1 aromatic heterocycles. The summed E-state index contributed by atoms with van der Waals surface area (Å²) < 4.78 is 0. The third kappa shape index (κ3) is 4.20. The first-order valence-electron chi connectivity index (χ1n) is 7.25. The lowest BCUT2D eigenvalue weighted by Gasteiger charge is -2.22. The number of carbonyl (C=O) groups excluding carboxylic acids is 1. The molecule has 20 heavy (non-hydrogen) atoms. The molecule has 0 spiro atoms. The average Bonchev–Trinajstić information content (AvgIpc) is 2.47. The topological polar surface area (TPSA) is 71.2 Å². The van der Waals surface area contributed by atoms with Crippen LogP contribution in [0.2, 0.25) is 0 Å². The van der Waals surface area contributed by atoms with Gasteiger partial charge in [-0.05, 0) is 45.4 Å². The fourth-order valence-electron chi connectivity index (χ4n) is 1.92. The Morgan fingerprint density at radius 1 is 1.40 bits per heavy atom. The van der Waals surface area contributed by atoms with Crippen molar-refractivity contribution in [2.75, 3.05) is 25.0 Å². The van der Waals surface area contributed by atoms with E-state index in [0.29, 0.717) is 31.2 Å². The Bertz CT molecular complexity index is 432. The third-order valence-corrected chi connectivity index (χ3v) is 3.65. The van der Waals surface area contributed by atoms with Gasteiger partial charge in [-0.1, -0.05) is 6.92 Å². The lowest BCUT2D eigenvalue weighted by Crippen LogP contribution is -2.31. The number of aromatic nitrogens is 1. The fourth-order valence-corrected chi connectivity index (χ4v) is 1.92. The number of carbonyl (C=O) groups is 1. The summed E-state index contributed by atoms with van der Waals surface area (Å²) in [6, 6.07) is 3.93. The smallest absolute Gasteiger partial charge is 0.272 e. The number of hydrogen-bond donors (Lipinski definition) is 2. The van der Waals surface area contributed by atoms with Gasteiger partial charge in [0.2, 0.25) is 0 Å². The lowest BCUT2D eigenvalue weighted by molar-refractivity contribution is 0.0767. The van der Waals surface area contributed by atoms with Crippen molar-refractivity contribution >= 4 is 11.6 Å². The number of nitrogens with two attached hydrogens (primary N) is 1. The molecule has 0 aliphatic rings. The summed E-state index contributed by atoms with van der Waals surface area (Å²) >= 11 is 0. The Morgan fingerprint density at radius 3 is 2.60 bits per heavy atom. The molecular formula is C15H26N4O. The zero-order chi connectivity index (χ0) is 15.1. The SMILES string of the molecule is CCN(CC)C(=O)c1cc(NC(C)C(C)CN)ccn1. The summed E-state index contributed by atoms with van der Waals surface area (Å²) in [7, 11) is 0. The summed E-state index contributed by atoms with van der Waals surface area (Å²) in [6.07, 6.45) is 1.67. The fraction of sp³-hybridized carbons (Fsp3) is 0.600. The number of nitrogens with zero attached hydrogens (tertiary/aromatic N) is 2. The first-order valence-corrected chi connectivity index (χ1v) is 7.25. The number of amides is 1. The molecule has 1 aromatic rings. The maximum absolute atomic E-state index is 12.3. The number of nitrogens with one attached hydrogen (secondary N) is 1. The van der Waals surface area contributed by atoms with Crippen LogP contribution < -0.4 is 11.1 Å². The van der Waals surface area contributed by atoms with E-state index < -0.39 is 0 Å². The van der Waals surface area contributed by atoms with Crippen molar-refractivity contribution in [3.63, 3.8) is 0 Å². The number of anilines is 1. The second-order valence-corrected chi connectivity index (χ2v) is 5.05. The average molecular weight is 278 g/mol. The summed E-state index contributed by atoms with van der Waals surface area (Å²) in [5.74, 6) is 0.336. The second-order valence-electron chi connectivity index (χ2n) is 5.05. The van der Waals surface area contributed by atoms with Gasteiger partial charge in [-0.3, -0.25) is 9.78 Å². The molecule has 2 atom stereocenters. The molecule has 0 aliphatic heterocycles. The monoisotopic (exact) mass is 278 g/mol. The molecule has 0 saturated carbocycles. The Hall–Kier alpha value is -1.62. The van der Waals surface area contributed by atoms with Crippen molar-refractivity contribution in [2.24, 2.45) is 11.7 Å². The zero-order valence-electron chi connectivity index (χ0n) is 12.9. The highest BCUT2D eigenvalue weighted by Gasteiger charge is 2.15. The van der Waals surface area contributed by atoms with Gasteiger partial charge in [0.15, 0.2) is 0 Å². The highest BCUT2D eigenvalue weighted by Crippen LogP contribution is 2.14. The molecule has 112 valence electrons. The van der Waals surface area contributed by atoms with E-state index in [0.717, 1.165) is 5.69 Å². The van der Waals surface area contributed by atoms with Crippen LogP contribution in [0.1, 0.15) is 38.2 Å². The molecule has 5 nitrogen and oxygen atoms in total. The minimum Gasteiger partial charge on any atom is -0.382 e. The van der Waals surface area contributed by atoms with Crippen molar-refractivity contribution in [3.8, 4) is 0 Å². The third-order valence-electron chi connectivity index (χ3n) is 3.65. The Labute approximate surface area is 121 Å². The standard InChI is InChI=1S/C15H26N4O/c1-5-19(6-2)15(20)14-9-13(7-8-17-14)18-12(4)11(3)10-16/h7-9,11-12H,5-6,10,16H2,1-4H3,(H,17,18). The maximum Gasteiger partial charge on any atom is 0.272 e. The summed E-state index contributed by atoms with van der Waals surface area (Å²) in [4.78, 5) is 18.2. The zero-order valence-corrected chi connectivity index (χ0v) is 12.9. The van der Waals surface area contributed by atoms with E-state index >= 15 is 0 Å². The van der Waals surface area contributed by atoms with Gasteiger partial charge >= 0.3 is 0 Å². The van der Waals surface area contributed by atoms with Crippen LogP contribution >= 0.6 is 0 Å². The number of pyridine rings is 1. The van der Waals surface area contributed by atoms with Crippen LogP contribution in [0, 0.1) is 5.92 Å². The second kappa shape index (κ2) is 7.85. The predicted octanol–water partition coefficient (Wildman–Crippen LogP) is 1.96. The van der Waals surface area contributed by atoms with Gasteiger partial charge in [-0.2, -0.15) is 0 Å². The van der Waals surface area contributed by atoms with Crippen LogP contribution in [0.25, 0.3) is 0 Å². The van der Waals surface area contributed by atoms with Gasteiger partial charge in [0.05, 0.1) is 0 Å². The summed E-state index contributed by atoms with van der Waals surface area (Å²) in [6.45, 7) is 10.1. The van der Waals surface area contributed by atoms with Gasteiger partial charge < -0.3 is 16.0 Å². The molecule has 3 N–H and O–H groups in total. The Balaban J connectivity index is 2.83. The Morgan fingerprint density at radius 2 is 2.05 bits per heavy atom. The molecular weight excluding hydrogens is 252 g/mol. The first-order chi connectivity index (χ1) is 9.53. The van der Waals surface area contributed by atoms with Crippen LogP contribution in [-0.4, -0.2) is 41.5 Å². The highest BCUT2D eigenvalue weighted by atomic mass is 16.2. The molecule has 0 saturated heterocycles. The molecule has 0 aliphatic carbocycles. The van der Waals surface area contributed by atoms with Crippen molar-refractivity contribution < 1.29 is 4.79 Å². The first kappa shape index (κ1) is 16.4. The summed E-state index contributed by atoms with van der Waals surface area (Å²) in [5, 5.41) is 3.37. The molecule has 0 radical (unpaired) electrons. The Kier molecular flexibility index (Phi) is 6.45. The van der Waals surface area contributed by atoms with Gasteiger partial charge in [0.1, 0.15) is 5.69 Å². The van der Waals surface area contributed by atoms with Gasteiger partial charge in [0, 0.05) is 31.0 Å². The molecule has 1 heterocycles. The molecule has 1 amide bonds. The lowest BCUT2D eigenvalue weighted by atomic mass is 10.0. The van der Waals surface area contributed by atoms with E-state index in [-0.39, 0.29) is 11.9 Å². The van der Waals surface area contributed by atoms with Gasteiger partial charge in [0.25, 0.3) is 5.91 Å². The molecule has 0 bridgehead atoms. The van der Waals surface area contributed by atoms with E-state index in [1.807, 2.05) is 19.9 Å². The largest absolute Gasteiger partial charge is 0.382 e. The molecule has 0 aromatic carbocycles. The van der Waals surface area contributed by atoms with Gasteiger partial charge in [-0.15, -0.1) is 0 Å². The quantitative estimate of drug-likeness (QED) is 0.800. The van der Waals surface area contributed by atoms with E-state index in [4.69, 9.17) is 5.73 Å². The van der Waals surface area contributed by atoms with Crippen molar-refractivity contribution in [1.82, 2.24) is 9.88 Å². The maximum atomic E-state index is 12.3. The summed E-state index contributed by atoms with van der Waals surface area (Å²) in [5.41, 5.74) is 7.05. The normalized spacial score (nSPS) is 13.7. The van der Waals surface area contributed by atoms with Crippen LogP contribution in [0.4, 0.5) is 5.69 Å². The van der Waals surface area contributed by atoms with Crippen LogP contribution in [0.5, 0.6) is 0 Å². The predicted molar refractivity (Wildman–Crippen MR) is 82.8 cm³/mol. The van der Waals surface area contributed by atoms with Crippen molar-refractivity contribution in [2.45, 2.75) is 33.7 Å². The minimum atomic E-state index is -0.0295. The van der Waals surface area contributed by atoms with Gasteiger partial charge in [-0.25, -0.2) is 0 Å². The van der Waals surface area contributed by atoms with Crippen LogP contribution in [0.3, 0.4) is 0 Å². The number of hydrogen-bond acceptors (Lipinski definition) is 4. The van der Waals surface area contributed by atoms with Crippen LogP contribution in [-0.2, 0) is 0 Å². The highest BCUT2D eigenvalue weighted by molar-refractivity contribution is 5.93. The minimum absolute atomic E-state index is 0.0295. The van der Waals surface area contributed by atoms with Crippen molar-refractivity contribution in [1.29, 1.82) is 0 Å². The number of rotatable bonds is 7. The van der Waals surface area contributed by atoms with Crippen molar-refractivity contribution in [3.05, 3.63) is 24.0 Å². The van der Waals surface area contributed by atoms with E-state index in [9.17, 15) is 4.79 Å². The van der Waals surface area contributed by atoms with E-state index in [2.05, 4.69) is 24.1 Å². The molecule has 2 unspecified atom stereocenters. The van der Waals surface area contributed by atoms with E-state index in [1.54, 1.807) is 17.2 Å². The van der Waals surface area contributed by atoms with E-state index in [1.165, 1.54) is 0 Å². The molecule has 0 fully saturated rings. The molecule has 1 rings (SSSR count). The molecule has 5 heteroatoms.